The van der Waals surface area contributed by atoms with Crippen LogP contribution < -0.4 is 16.0 Å². The van der Waals surface area contributed by atoms with Gasteiger partial charge in [-0.2, -0.15) is 5.10 Å². The number of nitrogens with zero attached hydrogens (tertiary/aromatic N) is 4. The van der Waals surface area contributed by atoms with Gasteiger partial charge in [-0.25, -0.2) is 9.37 Å². The Kier molecular flexibility index (Phi) is 7.25. The highest BCUT2D eigenvalue weighted by Gasteiger charge is 2.25. The van der Waals surface area contributed by atoms with Crippen molar-refractivity contribution in [3.8, 4) is 0 Å². The molecule has 4 rings (SSSR count). The number of fused-ring (bicyclic) bond motifs is 1. The van der Waals surface area contributed by atoms with Gasteiger partial charge in [0, 0.05) is 39.5 Å². The highest BCUT2D eigenvalue weighted by molar-refractivity contribution is 6.02. The fraction of sp³-hybridized carbons (Fsp3) is 0.333. The van der Waals surface area contributed by atoms with Crippen LogP contribution in [-0.4, -0.2) is 65.3 Å². The van der Waals surface area contributed by atoms with E-state index in [1.807, 2.05) is 12.1 Å². The number of hydrogen-bond acceptors (Lipinski definition) is 7. The first-order chi connectivity index (χ1) is 16.9. The lowest BCUT2D eigenvalue weighted by Crippen LogP contribution is -2.34. The fourth-order valence-corrected chi connectivity index (χ4v) is 3.80. The summed E-state index contributed by atoms with van der Waals surface area (Å²) in [5.74, 6) is -0.467. The molecular formula is C24H28FN7O3. The highest BCUT2D eigenvalue weighted by atomic mass is 19.1. The third-order valence-corrected chi connectivity index (χ3v) is 5.81. The number of pyridine rings is 1. The molecule has 1 aliphatic rings. The summed E-state index contributed by atoms with van der Waals surface area (Å²) in [5.41, 5.74) is 2.77. The van der Waals surface area contributed by atoms with Crippen molar-refractivity contribution in [2.24, 2.45) is 0 Å². The Bertz CT molecular complexity index is 1230. The van der Waals surface area contributed by atoms with Crippen molar-refractivity contribution < 1.29 is 18.7 Å². The summed E-state index contributed by atoms with van der Waals surface area (Å²) in [4.78, 5) is 30.7. The summed E-state index contributed by atoms with van der Waals surface area (Å²) in [7, 11) is 3.32. The van der Waals surface area contributed by atoms with Crippen molar-refractivity contribution in [3.05, 3.63) is 59.8 Å². The number of nitrogens with one attached hydrogen (secondary N) is 3. The zero-order valence-electron chi connectivity index (χ0n) is 19.8. The number of anilines is 4. The zero-order chi connectivity index (χ0) is 24.9. The summed E-state index contributed by atoms with van der Waals surface area (Å²) in [6.45, 7) is 3.21. The summed E-state index contributed by atoms with van der Waals surface area (Å²) in [6, 6.07) is 6.51. The number of methoxy groups -OCH3 is 1. The maximum absolute atomic E-state index is 14.6. The summed E-state index contributed by atoms with van der Waals surface area (Å²) >= 11 is 0. The van der Waals surface area contributed by atoms with E-state index in [-0.39, 0.29) is 17.5 Å². The van der Waals surface area contributed by atoms with Crippen LogP contribution in [0.15, 0.2) is 42.9 Å². The minimum absolute atomic E-state index is 0.102. The maximum Gasteiger partial charge on any atom is 0.255 e. The van der Waals surface area contributed by atoms with Crippen LogP contribution in [0.3, 0.4) is 0 Å². The number of ether oxygens (including phenoxy) is 1. The average molecular weight is 482 g/mol. The number of rotatable bonds is 9. The normalized spacial score (nSPS) is 13.8. The molecule has 3 aromatic rings. The van der Waals surface area contributed by atoms with Crippen molar-refractivity contribution in [1.82, 2.24) is 25.0 Å². The van der Waals surface area contributed by atoms with E-state index in [9.17, 15) is 14.0 Å². The van der Waals surface area contributed by atoms with Gasteiger partial charge in [0.1, 0.15) is 11.9 Å². The molecule has 0 fully saturated rings. The number of amides is 2. The highest BCUT2D eigenvalue weighted by Crippen LogP contribution is 2.30. The van der Waals surface area contributed by atoms with Gasteiger partial charge in [0.2, 0.25) is 5.91 Å². The Labute approximate surface area is 202 Å². The molecule has 3 heterocycles. The van der Waals surface area contributed by atoms with Crippen LogP contribution in [0, 0.1) is 5.82 Å². The van der Waals surface area contributed by atoms with Crippen LogP contribution >= 0.6 is 0 Å². The van der Waals surface area contributed by atoms with Gasteiger partial charge in [0.15, 0.2) is 5.82 Å². The first kappa shape index (κ1) is 24.1. The van der Waals surface area contributed by atoms with Gasteiger partial charge in [0.25, 0.3) is 5.91 Å². The first-order valence-corrected chi connectivity index (χ1v) is 11.2. The molecule has 1 aliphatic heterocycles. The molecular weight excluding hydrogens is 453 g/mol. The second-order valence-corrected chi connectivity index (χ2v) is 8.28. The molecule has 3 N–H and O–H groups in total. The topological polar surface area (TPSA) is 113 Å². The molecule has 35 heavy (non-hydrogen) atoms. The molecule has 2 amide bonds. The van der Waals surface area contributed by atoms with Crippen LogP contribution in [0.1, 0.15) is 28.9 Å². The van der Waals surface area contributed by atoms with Gasteiger partial charge in [0.05, 0.1) is 41.6 Å². The third-order valence-electron chi connectivity index (χ3n) is 5.81. The minimum atomic E-state index is -0.554. The van der Waals surface area contributed by atoms with Gasteiger partial charge in [-0.3, -0.25) is 14.3 Å². The molecule has 1 aromatic carbocycles. The summed E-state index contributed by atoms with van der Waals surface area (Å²) in [6.07, 6.45) is 5.07. The van der Waals surface area contributed by atoms with Crippen molar-refractivity contribution in [2.75, 3.05) is 44.5 Å². The molecule has 2 aromatic heterocycles. The lowest BCUT2D eigenvalue weighted by atomic mass is 9.97. The zero-order valence-corrected chi connectivity index (χ0v) is 19.8. The van der Waals surface area contributed by atoms with Crippen LogP contribution in [0.2, 0.25) is 0 Å². The van der Waals surface area contributed by atoms with Crippen LogP contribution in [0.4, 0.5) is 27.3 Å². The number of carbonyl (C=O) groups excluding carboxylic acids is 2. The fourth-order valence-electron chi connectivity index (χ4n) is 3.80. The quantitative estimate of drug-likeness (QED) is 0.403. The van der Waals surface area contributed by atoms with E-state index in [2.05, 4.69) is 26.0 Å². The molecule has 0 saturated carbocycles. The van der Waals surface area contributed by atoms with Gasteiger partial charge in [-0.1, -0.05) is 12.1 Å². The first-order valence-electron chi connectivity index (χ1n) is 11.2. The molecule has 0 aliphatic carbocycles. The molecule has 0 radical (unpaired) electrons. The van der Waals surface area contributed by atoms with Crippen LogP contribution in [0.25, 0.3) is 0 Å². The van der Waals surface area contributed by atoms with Gasteiger partial charge in [-0.05, 0) is 25.0 Å². The van der Waals surface area contributed by atoms with Crippen LogP contribution in [-0.2, 0) is 16.0 Å². The Morgan fingerprint density at radius 2 is 2.09 bits per heavy atom. The third kappa shape index (κ3) is 5.40. The molecule has 0 spiro atoms. The average Bonchev–Trinajstić information content (AvgIpc) is 3.31. The number of benzene rings is 1. The number of likely N-dealkylation sites (N-methyl/N-ethyl adjacent to an activating group) is 1. The molecule has 1 unspecified atom stereocenters. The predicted molar refractivity (Wildman–Crippen MR) is 130 cm³/mol. The molecule has 184 valence electrons. The van der Waals surface area contributed by atoms with Gasteiger partial charge in [-0.15, -0.1) is 0 Å². The van der Waals surface area contributed by atoms with E-state index in [1.165, 1.54) is 10.7 Å². The van der Waals surface area contributed by atoms with Gasteiger partial charge >= 0.3 is 0 Å². The van der Waals surface area contributed by atoms with E-state index in [0.29, 0.717) is 42.5 Å². The maximum atomic E-state index is 14.6. The van der Waals surface area contributed by atoms with E-state index in [0.717, 1.165) is 18.2 Å². The van der Waals surface area contributed by atoms with E-state index < -0.39 is 11.9 Å². The van der Waals surface area contributed by atoms with Gasteiger partial charge < -0.3 is 25.6 Å². The lowest BCUT2D eigenvalue weighted by Gasteiger charge is -2.27. The molecule has 0 saturated heterocycles. The largest absolute Gasteiger partial charge is 0.383 e. The summed E-state index contributed by atoms with van der Waals surface area (Å²) in [5, 5.41) is 13.1. The second kappa shape index (κ2) is 10.5. The number of halogens is 1. The van der Waals surface area contributed by atoms with E-state index in [4.69, 9.17) is 4.74 Å². The van der Waals surface area contributed by atoms with Crippen molar-refractivity contribution >= 4 is 34.7 Å². The SMILES string of the molecule is COCCNC(=O)C(C)n1cc(Nc2cc(Nc3cccc4c3C(=O)N(C)CC4)c(F)cn2)cn1. The molecule has 1 atom stereocenters. The molecule has 0 bridgehead atoms. The standard InChI is InChI=1S/C24H28FN7O3/c1-15(23(33)26-8-10-35-3)32-14-17(12-28-32)29-21-11-20(18(25)13-27-21)30-19-6-4-5-16-7-9-31(2)24(34)22(16)19/h4-6,11-15H,7-10H2,1-3H3,(H,26,33)(H2,27,29,30). The van der Waals surface area contributed by atoms with E-state index in [1.54, 1.807) is 44.4 Å². The Morgan fingerprint density at radius 3 is 2.89 bits per heavy atom. The molecule has 10 nitrogen and oxygen atoms in total. The van der Waals surface area contributed by atoms with Crippen molar-refractivity contribution in [1.29, 1.82) is 0 Å². The monoisotopic (exact) mass is 481 g/mol. The number of aromatic nitrogens is 3. The second-order valence-electron chi connectivity index (χ2n) is 8.28. The summed E-state index contributed by atoms with van der Waals surface area (Å²) < 4.78 is 21.1. The Hall–Kier alpha value is -3.99. The number of hydrogen-bond donors (Lipinski definition) is 3. The predicted octanol–water partition coefficient (Wildman–Crippen LogP) is 2.86. The minimum Gasteiger partial charge on any atom is -0.383 e. The van der Waals surface area contributed by atoms with Crippen molar-refractivity contribution in [2.45, 2.75) is 19.4 Å². The van der Waals surface area contributed by atoms with Crippen LogP contribution in [0.5, 0.6) is 0 Å². The van der Waals surface area contributed by atoms with E-state index >= 15 is 0 Å². The lowest BCUT2D eigenvalue weighted by molar-refractivity contribution is -0.124. The smallest absolute Gasteiger partial charge is 0.255 e. The van der Waals surface area contributed by atoms with Crippen molar-refractivity contribution in [3.63, 3.8) is 0 Å². The Balaban J connectivity index is 1.49. The Morgan fingerprint density at radius 1 is 1.26 bits per heavy atom. The number of carbonyl (C=O) groups is 2. The molecule has 11 heteroatoms.